The van der Waals surface area contributed by atoms with Gasteiger partial charge in [-0.2, -0.15) is 0 Å². The van der Waals surface area contributed by atoms with E-state index in [-0.39, 0.29) is 17.8 Å². The van der Waals surface area contributed by atoms with Crippen molar-refractivity contribution in [3.8, 4) is 0 Å². The molecule has 2 heterocycles. The van der Waals surface area contributed by atoms with Crippen LogP contribution in [0.4, 0.5) is 0 Å². The van der Waals surface area contributed by atoms with Gasteiger partial charge in [-0.3, -0.25) is 0 Å². The van der Waals surface area contributed by atoms with E-state index in [0.29, 0.717) is 12.5 Å². The minimum Gasteiger partial charge on any atom is -0.376 e. The molecule has 12 heavy (non-hydrogen) atoms. The lowest BCUT2D eigenvalue weighted by Crippen LogP contribution is -2.43. The van der Waals surface area contributed by atoms with Crippen molar-refractivity contribution in [1.82, 2.24) is 0 Å². The smallest absolute Gasteiger partial charge is 0.120 e. The molecule has 0 unspecified atom stereocenters. The lowest BCUT2D eigenvalue weighted by molar-refractivity contribution is -0.0773. The van der Waals surface area contributed by atoms with Gasteiger partial charge in [-0.05, 0) is 6.92 Å². The summed E-state index contributed by atoms with van der Waals surface area (Å²) in [6, 6.07) is 0. The Morgan fingerprint density at radius 2 is 2.17 bits per heavy atom. The molecule has 3 nitrogen and oxygen atoms in total. The van der Waals surface area contributed by atoms with E-state index in [9.17, 15) is 0 Å². The minimum absolute atomic E-state index is 0.104. The Kier molecular flexibility index (Phi) is 1.90. The van der Waals surface area contributed by atoms with Crippen LogP contribution in [0, 0.1) is 5.92 Å². The molecule has 2 aliphatic rings. The zero-order valence-corrected chi connectivity index (χ0v) is 7.87. The molecule has 2 fully saturated rings. The van der Waals surface area contributed by atoms with Crippen LogP contribution in [0.5, 0.6) is 0 Å². The van der Waals surface area contributed by atoms with Gasteiger partial charge in [-0.15, -0.1) is 0 Å². The van der Waals surface area contributed by atoms with Crippen LogP contribution < -0.4 is 0 Å². The summed E-state index contributed by atoms with van der Waals surface area (Å²) in [5, 5.41) is 0. The highest BCUT2D eigenvalue weighted by Gasteiger charge is 2.55. The van der Waals surface area contributed by atoms with Gasteiger partial charge in [0.05, 0.1) is 19.3 Å². The summed E-state index contributed by atoms with van der Waals surface area (Å²) in [7, 11) is 1.72. The number of hydrogen-bond donors (Lipinski definition) is 0. The first-order chi connectivity index (χ1) is 5.68. The third kappa shape index (κ3) is 0.934. The van der Waals surface area contributed by atoms with Crippen molar-refractivity contribution in [1.29, 1.82) is 0 Å². The van der Waals surface area contributed by atoms with Crippen LogP contribution in [0.2, 0.25) is 0 Å². The summed E-state index contributed by atoms with van der Waals surface area (Å²) in [5.41, 5.74) is -0.200. The molecule has 70 valence electrons. The van der Waals surface area contributed by atoms with Gasteiger partial charge < -0.3 is 14.2 Å². The molecule has 0 aliphatic carbocycles. The number of hydrogen-bond acceptors (Lipinski definition) is 3. The SMILES string of the molecule is CO[C@@H]1CO[C@@H]2[C@H](C)CO[C@@]21C. The molecule has 0 bridgehead atoms. The second-order valence-corrected chi connectivity index (χ2v) is 3.95. The van der Waals surface area contributed by atoms with Crippen LogP contribution in [0.15, 0.2) is 0 Å². The molecule has 0 saturated carbocycles. The molecular formula is C9H16O3. The van der Waals surface area contributed by atoms with E-state index in [0.717, 1.165) is 6.61 Å². The van der Waals surface area contributed by atoms with Gasteiger partial charge in [0.25, 0.3) is 0 Å². The Morgan fingerprint density at radius 3 is 2.83 bits per heavy atom. The van der Waals surface area contributed by atoms with Crippen LogP contribution in [-0.2, 0) is 14.2 Å². The number of rotatable bonds is 1. The molecule has 3 heteroatoms. The van der Waals surface area contributed by atoms with Gasteiger partial charge in [-0.1, -0.05) is 6.92 Å². The molecule has 0 N–H and O–H groups in total. The molecule has 0 aromatic rings. The summed E-state index contributed by atoms with van der Waals surface area (Å²) < 4.78 is 16.7. The van der Waals surface area contributed by atoms with Crippen molar-refractivity contribution in [3.63, 3.8) is 0 Å². The molecule has 0 amide bonds. The predicted octanol–water partition coefficient (Wildman–Crippen LogP) is 0.825. The van der Waals surface area contributed by atoms with Crippen molar-refractivity contribution in [2.24, 2.45) is 5.92 Å². The van der Waals surface area contributed by atoms with Crippen LogP contribution in [-0.4, -0.2) is 38.1 Å². The molecule has 0 aromatic heterocycles. The van der Waals surface area contributed by atoms with Crippen LogP contribution in [0.3, 0.4) is 0 Å². The average Bonchev–Trinajstić information content (AvgIpc) is 2.50. The van der Waals surface area contributed by atoms with Crippen molar-refractivity contribution in [3.05, 3.63) is 0 Å². The lowest BCUT2D eigenvalue weighted by atomic mass is 9.91. The fourth-order valence-corrected chi connectivity index (χ4v) is 2.31. The fourth-order valence-electron chi connectivity index (χ4n) is 2.31. The van der Waals surface area contributed by atoms with Crippen molar-refractivity contribution >= 4 is 0 Å². The minimum atomic E-state index is -0.200. The molecular weight excluding hydrogens is 156 g/mol. The molecule has 4 atom stereocenters. The van der Waals surface area contributed by atoms with Gasteiger partial charge in [0.2, 0.25) is 0 Å². The van der Waals surface area contributed by atoms with E-state index < -0.39 is 0 Å². The highest BCUT2D eigenvalue weighted by molar-refractivity contribution is 5.03. The van der Waals surface area contributed by atoms with Crippen LogP contribution in [0.25, 0.3) is 0 Å². The largest absolute Gasteiger partial charge is 0.376 e. The van der Waals surface area contributed by atoms with E-state index in [1.165, 1.54) is 0 Å². The maximum atomic E-state index is 5.73. The first-order valence-corrected chi connectivity index (χ1v) is 4.47. The Balaban J connectivity index is 2.19. The highest BCUT2D eigenvalue weighted by atomic mass is 16.6. The van der Waals surface area contributed by atoms with Gasteiger partial charge in [0.15, 0.2) is 0 Å². The van der Waals surface area contributed by atoms with Crippen molar-refractivity contribution in [2.75, 3.05) is 20.3 Å². The summed E-state index contributed by atoms with van der Waals surface area (Å²) in [4.78, 5) is 0. The van der Waals surface area contributed by atoms with Gasteiger partial charge in [0.1, 0.15) is 11.7 Å². The normalized spacial score (nSPS) is 52.8. The monoisotopic (exact) mass is 172 g/mol. The third-order valence-corrected chi connectivity index (χ3v) is 3.09. The topological polar surface area (TPSA) is 27.7 Å². The Morgan fingerprint density at radius 1 is 1.42 bits per heavy atom. The maximum Gasteiger partial charge on any atom is 0.120 e. The van der Waals surface area contributed by atoms with E-state index >= 15 is 0 Å². The van der Waals surface area contributed by atoms with E-state index in [1.54, 1.807) is 7.11 Å². The highest BCUT2D eigenvalue weighted by Crippen LogP contribution is 2.41. The number of methoxy groups -OCH3 is 1. The molecule has 0 spiro atoms. The van der Waals surface area contributed by atoms with Crippen molar-refractivity contribution < 1.29 is 14.2 Å². The zero-order chi connectivity index (χ0) is 8.77. The third-order valence-electron chi connectivity index (χ3n) is 3.09. The standard InChI is InChI=1S/C9H16O3/c1-6-4-12-9(2)7(10-3)5-11-8(6)9/h6-8H,4-5H2,1-3H3/t6-,7-,8-,9-/m1/s1. The second kappa shape index (κ2) is 2.69. The van der Waals surface area contributed by atoms with E-state index in [2.05, 4.69) is 13.8 Å². The summed E-state index contributed by atoms with van der Waals surface area (Å²) in [5.74, 6) is 0.496. The molecule has 0 radical (unpaired) electrons. The van der Waals surface area contributed by atoms with Crippen LogP contribution in [0.1, 0.15) is 13.8 Å². The van der Waals surface area contributed by atoms with Gasteiger partial charge in [-0.25, -0.2) is 0 Å². The summed E-state index contributed by atoms with van der Waals surface area (Å²) in [6.45, 7) is 5.71. The second-order valence-electron chi connectivity index (χ2n) is 3.95. The first-order valence-electron chi connectivity index (χ1n) is 4.47. The average molecular weight is 172 g/mol. The number of fused-ring (bicyclic) bond motifs is 1. The fraction of sp³-hybridized carbons (Fsp3) is 1.00. The molecule has 0 aromatic carbocycles. The summed E-state index contributed by atoms with van der Waals surface area (Å²) >= 11 is 0. The number of ether oxygens (including phenoxy) is 3. The molecule has 2 saturated heterocycles. The zero-order valence-electron chi connectivity index (χ0n) is 7.87. The molecule has 2 aliphatic heterocycles. The lowest BCUT2D eigenvalue weighted by Gasteiger charge is -2.27. The summed E-state index contributed by atoms with van der Waals surface area (Å²) in [6.07, 6.45) is 0.329. The van der Waals surface area contributed by atoms with E-state index in [4.69, 9.17) is 14.2 Å². The Labute approximate surface area is 73.0 Å². The van der Waals surface area contributed by atoms with Gasteiger partial charge in [0, 0.05) is 13.0 Å². The Hall–Kier alpha value is -0.120. The van der Waals surface area contributed by atoms with Gasteiger partial charge >= 0.3 is 0 Å². The molecule has 2 rings (SSSR count). The first kappa shape index (κ1) is 8.48. The quantitative estimate of drug-likeness (QED) is 0.586. The maximum absolute atomic E-state index is 5.73. The van der Waals surface area contributed by atoms with Crippen molar-refractivity contribution in [2.45, 2.75) is 31.7 Å². The van der Waals surface area contributed by atoms with Crippen LogP contribution >= 0.6 is 0 Å². The van der Waals surface area contributed by atoms with E-state index in [1.807, 2.05) is 0 Å². The Bertz CT molecular complexity index is 183. The predicted molar refractivity (Wildman–Crippen MR) is 44.1 cm³/mol.